The lowest BCUT2D eigenvalue weighted by Crippen LogP contribution is -2.16. The van der Waals surface area contributed by atoms with Crippen molar-refractivity contribution in [1.29, 1.82) is 0 Å². The summed E-state index contributed by atoms with van der Waals surface area (Å²) in [5.74, 6) is 1.20. The Morgan fingerprint density at radius 3 is 2.50 bits per heavy atom. The maximum atomic E-state index is 12.7. The summed E-state index contributed by atoms with van der Waals surface area (Å²) >= 11 is 4.73. The number of aryl methyl sites for hydroxylation is 1. The van der Waals surface area contributed by atoms with Crippen molar-refractivity contribution >= 4 is 49.8 Å². The number of hydrogen-bond acceptors (Lipinski definition) is 5. The van der Waals surface area contributed by atoms with Crippen molar-refractivity contribution in [3.05, 3.63) is 33.1 Å². The van der Waals surface area contributed by atoms with Crippen molar-refractivity contribution in [3.8, 4) is 11.5 Å². The molecule has 0 saturated heterocycles. The van der Waals surface area contributed by atoms with Crippen molar-refractivity contribution in [3.63, 3.8) is 0 Å². The molecule has 2 amide bonds. The topological polar surface area (TPSA) is 76.7 Å². The molecule has 1 saturated carbocycles. The van der Waals surface area contributed by atoms with E-state index in [1.54, 1.807) is 12.1 Å². The molecule has 2 heterocycles. The van der Waals surface area contributed by atoms with Crippen LogP contribution in [0.4, 0.5) is 10.7 Å². The number of hydrogen-bond donors (Lipinski definition) is 2. The summed E-state index contributed by atoms with van der Waals surface area (Å²) in [7, 11) is 0. The average molecular weight is 437 g/mol. The molecule has 1 aromatic heterocycles. The first kappa shape index (κ1) is 17.4. The summed E-state index contributed by atoms with van der Waals surface area (Å²) < 4.78 is 11.8. The van der Waals surface area contributed by atoms with E-state index in [0.717, 1.165) is 18.4 Å². The zero-order chi connectivity index (χ0) is 18.3. The third kappa shape index (κ3) is 3.57. The number of ether oxygens (including phenoxy) is 2. The summed E-state index contributed by atoms with van der Waals surface area (Å²) in [5.41, 5.74) is 1.43. The van der Waals surface area contributed by atoms with Crippen LogP contribution < -0.4 is 20.1 Å². The van der Waals surface area contributed by atoms with Crippen molar-refractivity contribution in [2.75, 3.05) is 23.8 Å². The Hall–Kier alpha value is -2.06. The molecule has 1 aliphatic carbocycles. The van der Waals surface area contributed by atoms with Gasteiger partial charge in [0.15, 0.2) is 11.5 Å². The van der Waals surface area contributed by atoms with E-state index < -0.39 is 0 Å². The molecule has 0 unspecified atom stereocenters. The van der Waals surface area contributed by atoms with Gasteiger partial charge in [0.05, 0.1) is 15.6 Å². The number of rotatable bonds is 4. The summed E-state index contributed by atoms with van der Waals surface area (Å²) in [6, 6.07) is 5.36. The lowest BCUT2D eigenvalue weighted by molar-refractivity contribution is -0.117. The third-order valence-electron chi connectivity index (χ3n) is 4.20. The molecule has 6 nitrogen and oxygen atoms in total. The van der Waals surface area contributed by atoms with Gasteiger partial charge in [0.25, 0.3) is 5.91 Å². The van der Waals surface area contributed by atoms with Crippen LogP contribution in [0.3, 0.4) is 0 Å². The zero-order valence-corrected chi connectivity index (χ0v) is 16.5. The van der Waals surface area contributed by atoms with Crippen LogP contribution in [-0.2, 0) is 4.79 Å². The molecule has 26 heavy (non-hydrogen) atoms. The van der Waals surface area contributed by atoms with Crippen LogP contribution in [0, 0.1) is 12.8 Å². The highest BCUT2D eigenvalue weighted by Gasteiger charge is 2.30. The van der Waals surface area contributed by atoms with Gasteiger partial charge in [0, 0.05) is 22.5 Å². The van der Waals surface area contributed by atoms with Crippen LogP contribution in [0.25, 0.3) is 0 Å². The summed E-state index contributed by atoms with van der Waals surface area (Å²) in [6.45, 7) is 2.85. The van der Waals surface area contributed by atoms with Gasteiger partial charge in [-0.1, -0.05) is 0 Å². The van der Waals surface area contributed by atoms with E-state index in [0.29, 0.717) is 44.8 Å². The van der Waals surface area contributed by atoms with Gasteiger partial charge in [-0.15, -0.1) is 11.3 Å². The normalized spacial score (nSPS) is 15.5. The SMILES string of the molecule is Cc1cc(NC(=O)C2CC2)sc1C(=O)Nc1cc2c(cc1Br)OCCO2. The number of carbonyl (C=O) groups excluding carboxylic acids is 2. The van der Waals surface area contributed by atoms with Gasteiger partial charge in [-0.25, -0.2) is 0 Å². The highest BCUT2D eigenvalue weighted by Crippen LogP contribution is 2.39. The van der Waals surface area contributed by atoms with Gasteiger partial charge in [0.2, 0.25) is 5.91 Å². The second-order valence-corrected chi connectivity index (χ2v) is 8.22. The molecular weight excluding hydrogens is 420 g/mol. The summed E-state index contributed by atoms with van der Waals surface area (Å²) in [4.78, 5) is 25.2. The van der Waals surface area contributed by atoms with Crippen LogP contribution in [-0.4, -0.2) is 25.0 Å². The smallest absolute Gasteiger partial charge is 0.266 e. The van der Waals surface area contributed by atoms with Crippen molar-refractivity contribution in [2.45, 2.75) is 19.8 Å². The quantitative estimate of drug-likeness (QED) is 0.752. The van der Waals surface area contributed by atoms with Crippen LogP contribution in [0.15, 0.2) is 22.7 Å². The minimum absolute atomic E-state index is 0.0350. The molecule has 0 spiro atoms. The van der Waals surface area contributed by atoms with Gasteiger partial charge in [-0.2, -0.15) is 0 Å². The first-order valence-electron chi connectivity index (χ1n) is 8.33. The second kappa shape index (κ2) is 6.92. The van der Waals surface area contributed by atoms with Crippen LogP contribution in [0.1, 0.15) is 28.1 Å². The molecule has 1 fully saturated rings. The van der Waals surface area contributed by atoms with E-state index >= 15 is 0 Å². The minimum Gasteiger partial charge on any atom is -0.486 e. The standard InChI is InChI=1S/C18H17BrN2O4S/c1-9-6-15(21-17(22)10-2-3-10)26-16(9)18(23)20-12-8-14-13(7-11(12)19)24-4-5-25-14/h6-8,10H,2-5H2,1H3,(H,20,23)(H,21,22). The Morgan fingerprint density at radius 2 is 1.81 bits per heavy atom. The predicted molar refractivity (Wildman–Crippen MR) is 103 cm³/mol. The van der Waals surface area contributed by atoms with Crippen molar-refractivity contribution in [1.82, 2.24) is 0 Å². The number of halogens is 1. The second-order valence-electron chi connectivity index (χ2n) is 6.32. The molecule has 2 N–H and O–H groups in total. The maximum absolute atomic E-state index is 12.7. The predicted octanol–water partition coefficient (Wildman–Crippen LogP) is 4.19. The molecule has 136 valence electrons. The molecule has 0 radical (unpaired) electrons. The molecule has 1 aromatic carbocycles. The van der Waals surface area contributed by atoms with E-state index in [1.807, 2.05) is 13.0 Å². The average Bonchev–Trinajstić information content (AvgIpc) is 3.39. The molecule has 4 rings (SSSR count). The Balaban J connectivity index is 1.51. The van der Waals surface area contributed by atoms with Crippen molar-refractivity contribution in [2.24, 2.45) is 5.92 Å². The van der Waals surface area contributed by atoms with Crippen LogP contribution in [0.2, 0.25) is 0 Å². The van der Waals surface area contributed by atoms with E-state index in [-0.39, 0.29) is 17.7 Å². The molecule has 8 heteroatoms. The molecular formula is C18H17BrN2O4S. The van der Waals surface area contributed by atoms with E-state index in [2.05, 4.69) is 26.6 Å². The lowest BCUT2D eigenvalue weighted by Gasteiger charge is -2.20. The highest BCUT2D eigenvalue weighted by molar-refractivity contribution is 9.10. The van der Waals surface area contributed by atoms with Gasteiger partial charge >= 0.3 is 0 Å². The number of fused-ring (bicyclic) bond motifs is 1. The Morgan fingerprint density at radius 1 is 1.12 bits per heavy atom. The Labute approximate surface area is 163 Å². The van der Waals surface area contributed by atoms with Crippen LogP contribution >= 0.6 is 27.3 Å². The van der Waals surface area contributed by atoms with Crippen LogP contribution in [0.5, 0.6) is 11.5 Å². The molecule has 0 bridgehead atoms. The van der Waals surface area contributed by atoms with Gasteiger partial charge in [-0.05, 0) is 47.3 Å². The first-order chi connectivity index (χ1) is 12.5. The maximum Gasteiger partial charge on any atom is 0.266 e. The number of thiophene rings is 1. The van der Waals surface area contributed by atoms with E-state index in [9.17, 15) is 9.59 Å². The Kier molecular flexibility index (Phi) is 4.62. The third-order valence-corrected chi connectivity index (χ3v) is 6.01. The van der Waals surface area contributed by atoms with E-state index in [1.165, 1.54) is 11.3 Å². The lowest BCUT2D eigenvalue weighted by atomic mass is 10.2. The largest absolute Gasteiger partial charge is 0.486 e. The van der Waals surface area contributed by atoms with Gasteiger partial charge in [0.1, 0.15) is 13.2 Å². The number of benzene rings is 1. The number of nitrogens with one attached hydrogen (secondary N) is 2. The van der Waals surface area contributed by atoms with Gasteiger partial charge < -0.3 is 20.1 Å². The fraction of sp³-hybridized carbons (Fsp3) is 0.333. The minimum atomic E-state index is -0.225. The summed E-state index contributed by atoms with van der Waals surface area (Å²) in [5, 5.41) is 6.49. The number of amides is 2. The Bertz CT molecular complexity index is 892. The van der Waals surface area contributed by atoms with E-state index in [4.69, 9.17) is 9.47 Å². The highest BCUT2D eigenvalue weighted by atomic mass is 79.9. The number of carbonyl (C=O) groups is 2. The molecule has 0 atom stereocenters. The molecule has 2 aliphatic rings. The fourth-order valence-electron chi connectivity index (χ4n) is 2.68. The monoisotopic (exact) mass is 436 g/mol. The van der Waals surface area contributed by atoms with Gasteiger partial charge in [-0.3, -0.25) is 9.59 Å². The molecule has 1 aliphatic heterocycles. The summed E-state index contributed by atoms with van der Waals surface area (Å²) in [6.07, 6.45) is 1.89. The molecule has 2 aromatic rings. The zero-order valence-electron chi connectivity index (χ0n) is 14.1. The first-order valence-corrected chi connectivity index (χ1v) is 9.94. The van der Waals surface area contributed by atoms with Crippen molar-refractivity contribution < 1.29 is 19.1 Å². The fourth-order valence-corrected chi connectivity index (χ4v) is 4.07. The number of anilines is 2.